The van der Waals surface area contributed by atoms with E-state index < -0.39 is 15.6 Å². The van der Waals surface area contributed by atoms with Crippen molar-refractivity contribution >= 4 is 10.0 Å². The van der Waals surface area contributed by atoms with Crippen molar-refractivity contribution in [3.8, 4) is 0 Å². The minimum atomic E-state index is -3.19. The molecule has 1 N–H and O–H groups in total. The average Bonchev–Trinajstić information content (AvgIpc) is 2.17. The summed E-state index contributed by atoms with van der Waals surface area (Å²) in [6.45, 7) is 5.60. The zero-order valence-electron chi connectivity index (χ0n) is 10.0. The first-order valence-electron chi connectivity index (χ1n) is 5.44. The predicted molar refractivity (Wildman–Crippen MR) is 66.7 cm³/mol. The summed E-state index contributed by atoms with van der Waals surface area (Å²) in [5.41, 5.74) is 0.407. The molecule has 0 radical (unpaired) electrons. The van der Waals surface area contributed by atoms with Crippen molar-refractivity contribution in [2.24, 2.45) is 0 Å². The van der Waals surface area contributed by atoms with E-state index in [2.05, 4.69) is 4.72 Å². The molecule has 0 aliphatic rings. The smallest absolute Gasteiger partial charge is 0.212 e. The van der Waals surface area contributed by atoms with Crippen LogP contribution in [-0.4, -0.2) is 14.2 Å². The second kappa shape index (κ2) is 4.97. The molecule has 1 aromatic carbocycles. The van der Waals surface area contributed by atoms with Gasteiger partial charge in [-0.1, -0.05) is 37.3 Å². The quantitative estimate of drug-likeness (QED) is 0.859. The monoisotopic (exact) mass is 241 g/mol. The molecule has 90 valence electrons. The van der Waals surface area contributed by atoms with E-state index in [9.17, 15) is 8.42 Å². The highest BCUT2D eigenvalue weighted by molar-refractivity contribution is 7.89. The number of benzene rings is 1. The number of nitrogens with one attached hydrogen (secondary N) is 1. The molecule has 4 heteroatoms. The van der Waals surface area contributed by atoms with Gasteiger partial charge < -0.3 is 0 Å². The molecule has 0 bridgehead atoms. The van der Waals surface area contributed by atoms with Gasteiger partial charge in [0.25, 0.3) is 0 Å². The average molecular weight is 241 g/mol. The Morgan fingerprint density at radius 1 is 1.19 bits per heavy atom. The third-order valence-corrected chi connectivity index (χ3v) is 4.15. The van der Waals surface area contributed by atoms with Crippen LogP contribution in [0.4, 0.5) is 0 Å². The van der Waals surface area contributed by atoms with Gasteiger partial charge in [0.15, 0.2) is 0 Å². The van der Waals surface area contributed by atoms with Crippen LogP contribution in [0.2, 0.25) is 0 Å². The molecule has 16 heavy (non-hydrogen) atoms. The van der Waals surface area contributed by atoms with E-state index in [0.717, 1.165) is 5.56 Å². The molecule has 0 heterocycles. The van der Waals surface area contributed by atoms with E-state index in [0.29, 0.717) is 6.42 Å². The molecule has 0 aliphatic heterocycles. The molecule has 0 aromatic heterocycles. The van der Waals surface area contributed by atoms with Crippen molar-refractivity contribution in [1.29, 1.82) is 0 Å². The molecule has 1 rings (SSSR count). The number of sulfonamides is 1. The highest BCUT2D eigenvalue weighted by atomic mass is 32.2. The second-order valence-electron chi connectivity index (χ2n) is 4.41. The van der Waals surface area contributed by atoms with Crippen LogP contribution in [0.15, 0.2) is 30.3 Å². The molecule has 0 saturated heterocycles. The standard InChI is InChI=1S/C12H19NO2S/c1-4-10-16(14,15)13-12(2,3)11-8-6-5-7-9-11/h5-9,13H,4,10H2,1-3H3. The maximum Gasteiger partial charge on any atom is 0.212 e. The zero-order valence-corrected chi connectivity index (χ0v) is 10.8. The Bertz CT molecular complexity index is 424. The first kappa shape index (κ1) is 13.2. The fourth-order valence-corrected chi connectivity index (χ4v) is 3.16. The topological polar surface area (TPSA) is 46.2 Å². The number of rotatable bonds is 5. The minimum Gasteiger partial charge on any atom is -0.212 e. The third kappa shape index (κ3) is 3.61. The van der Waals surface area contributed by atoms with Crippen molar-refractivity contribution in [3.63, 3.8) is 0 Å². The van der Waals surface area contributed by atoms with Crippen molar-refractivity contribution in [2.45, 2.75) is 32.7 Å². The Kier molecular flexibility index (Phi) is 4.10. The molecule has 3 nitrogen and oxygen atoms in total. The van der Waals surface area contributed by atoms with E-state index in [4.69, 9.17) is 0 Å². The SMILES string of the molecule is CCCS(=O)(=O)NC(C)(C)c1ccccc1. The van der Waals surface area contributed by atoms with E-state index >= 15 is 0 Å². The molecular weight excluding hydrogens is 222 g/mol. The zero-order chi connectivity index (χ0) is 12.2. The normalized spacial score (nSPS) is 12.7. The van der Waals surface area contributed by atoms with Crippen LogP contribution in [0.5, 0.6) is 0 Å². The molecule has 0 saturated carbocycles. The molecule has 0 fully saturated rings. The third-order valence-electron chi connectivity index (χ3n) is 2.38. The fourth-order valence-electron chi connectivity index (χ4n) is 1.62. The first-order valence-corrected chi connectivity index (χ1v) is 7.10. The number of hydrogen-bond donors (Lipinski definition) is 1. The first-order chi connectivity index (χ1) is 7.37. The summed E-state index contributed by atoms with van der Waals surface area (Å²) in [5.74, 6) is 0.170. The van der Waals surface area contributed by atoms with Crippen molar-refractivity contribution < 1.29 is 8.42 Å². The second-order valence-corrected chi connectivity index (χ2v) is 6.25. The van der Waals surface area contributed by atoms with E-state index in [1.165, 1.54) is 0 Å². The summed E-state index contributed by atoms with van der Waals surface area (Å²) < 4.78 is 26.1. The van der Waals surface area contributed by atoms with Crippen molar-refractivity contribution in [2.75, 3.05) is 5.75 Å². The van der Waals surface area contributed by atoms with E-state index in [-0.39, 0.29) is 5.75 Å². The Hall–Kier alpha value is -0.870. The highest BCUT2D eigenvalue weighted by Gasteiger charge is 2.25. The summed E-state index contributed by atoms with van der Waals surface area (Å²) in [4.78, 5) is 0. The van der Waals surface area contributed by atoms with Gasteiger partial charge in [0.2, 0.25) is 10.0 Å². The summed E-state index contributed by atoms with van der Waals surface area (Å²) in [6.07, 6.45) is 0.625. The van der Waals surface area contributed by atoms with Gasteiger partial charge in [0.1, 0.15) is 0 Å². The van der Waals surface area contributed by atoms with Crippen molar-refractivity contribution in [3.05, 3.63) is 35.9 Å². The largest absolute Gasteiger partial charge is 0.212 e. The molecule has 1 aromatic rings. The maximum absolute atomic E-state index is 11.7. The molecule has 0 atom stereocenters. The maximum atomic E-state index is 11.7. The molecule has 0 spiro atoms. The lowest BCUT2D eigenvalue weighted by Gasteiger charge is -2.26. The van der Waals surface area contributed by atoms with Crippen LogP contribution in [0.3, 0.4) is 0 Å². The van der Waals surface area contributed by atoms with Crippen LogP contribution in [0.25, 0.3) is 0 Å². The van der Waals surface area contributed by atoms with Gasteiger partial charge in [0.05, 0.1) is 11.3 Å². The van der Waals surface area contributed by atoms with Crippen molar-refractivity contribution in [1.82, 2.24) is 4.72 Å². The van der Waals surface area contributed by atoms with Crippen LogP contribution in [0.1, 0.15) is 32.8 Å². The lowest BCUT2D eigenvalue weighted by molar-refractivity contribution is 0.471. The van der Waals surface area contributed by atoms with Gasteiger partial charge in [-0.3, -0.25) is 0 Å². The Morgan fingerprint density at radius 2 is 1.75 bits per heavy atom. The number of hydrogen-bond acceptors (Lipinski definition) is 2. The van der Waals surface area contributed by atoms with Gasteiger partial charge in [-0.25, -0.2) is 13.1 Å². The van der Waals surface area contributed by atoms with Crippen LogP contribution in [0, 0.1) is 0 Å². The van der Waals surface area contributed by atoms with Gasteiger partial charge in [0, 0.05) is 0 Å². The minimum absolute atomic E-state index is 0.170. The summed E-state index contributed by atoms with van der Waals surface area (Å²) in [7, 11) is -3.19. The summed E-state index contributed by atoms with van der Waals surface area (Å²) in [5, 5.41) is 0. The van der Waals surface area contributed by atoms with Crippen LogP contribution < -0.4 is 4.72 Å². The van der Waals surface area contributed by atoms with Crippen LogP contribution in [-0.2, 0) is 15.6 Å². The molecule has 0 amide bonds. The molecule has 0 unspecified atom stereocenters. The Labute approximate surface area is 97.9 Å². The molecule has 0 aliphatic carbocycles. The Balaban J connectivity index is 2.88. The van der Waals surface area contributed by atoms with Gasteiger partial charge in [-0.05, 0) is 25.8 Å². The van der Waals surface area contributed by atoms with Crippen LogP contribution >= 0.6 is 0 Å². The summed E-state index contributed by atoms with van der Waals surface area (Å²) in [6, 6.07) is 9.58. The lowest BCUT2D eigenvalue weighted by Crippen LogP contribution is -2.41. The molecular formula is C12H19NO2S. The van der Waals surface area contributed by atoms with E-state index in [1.54, 1.807) is 0 Å². The van der Waals surface area contributed by atoms with Gasteiger partial charge in [-0.15, -0.1) is 0 Å². The Morgan fingerprint density at radius 3 is 2.25 bits per heavy atom. The summed E-state index contributed by atoms with van der Waals surface area (Å²) >= 11 is 0. The predicted octanol–water partition coefficient (Wildman–Crippen LogP) is 2.25. The lowest BCUT2D eigenvalue weighted by atomic mass is 9.96. The highest BCUT2D eigenvalue weighted by Crippen LogP contribution is 2.20. The fraction of sp³-hybridized carbons (Fsp3) is 0.500. The van der Waals surface area contributed by atoms with Gasteiger partial charge >= 0.3 is 0 Å². The van der Waals surface area contributed by atoms with E-state index in [1.807, 2.05) is 51.1 Å². The van der Waals surface area contributed by atoms with Gasteiger partial charge in [-0.2, -0.15) is 0 Å².